The second-order valence-electron chi connectivity index (χ2n) is 7.49. The molecule has 0 radical (unpaired) electrons. The van der Waals surface area contributed by atoms with Crippen LogP contribution in [0.2, 0.25) is 0 Å². The molecule has 0 aromatic heterocycles. The summed E-state index contributed by atoms with van der Waals surface area (Å²) >= 11 is 0. The Balaban J connectivity index is 0.00000341. The van der Waals surface area contributed by atoms with E-state index in [2.05, 4.69) is 69.3 Å². The second-order valence-corrected chi connectivity index (χ2v) is 7.49. The Hall–Kier alpha value is -2.33. The van der Waals surface area contributed by atoms with Gasteiger partial charge in [0.1, 0.15) is 5.75 Å². The summed E-state index contributed by atoms with van der Waals surface area (Å²) in [6.07, 6.45) is 2.93. The second kappa shape index (κ2) is 11.9. The van der Waals surface area contributed by atoms with Crippen LogP contribution in [-0.4, -0.2) is 29.9 Å². The summed E-state index contributed by atoms with van der Waals surface area (Å²) in [5.74, 6) is 0.243. The Morgan fingerprint density at radius 3 is 1.35 bits per heavy atom. The molecule has 0 atom stereocenters. The fourth-order valence-electron chi connectivity index (χ4n) is 3.49. The van der Waals surface area contributed by atoms with Gasteiger partial charge in [0.25, 0.3) is 0 Å². The van der Waals surface area contributed by atoms with Crippen molar-refractivity contribution >= 4 is 35.4 Å². The van der Waals surface area contributed by atoms with Crippen LogP contribution >= 0.6 is 0 Å². The molecule has 0 saturated carbocycles. The number of hydrogen-bond acceptors (Lipinski definition) is 2. The van der Waals surface area contributed by atoms with Crippen molar-refractivity contribution in [3.05, 3.63) is 106 Å². The van der Waals surface area contributed by atoms with Gasteiger partial charge in [-0.1, -0.05) is 81.4 Å². The molecular weight excluding hydrogens is 487 g/mol. The van der Waals surface area contributed by atoms with Crippen LogP contribution in [0, 0.1) is 0 Å². The maximum absolute atomic E-state index is 13.0. The molecule has 0 aliphatic rings. The van der Waals surface area contributed by atoms with Gasteiger partial charge in [-0.2, -0.15) is 0 Å². The Morgan fingerprint density at radius 1 is 0.645 bits per heavy atom. The van der Waals surface area contributed by atoms with Gasteiger partial charge >= 0.3 is 29.9 Å². The number of ether oxygens (including phenoxy) is 1. The standard InChI is InChI=1S/C28H30O2.Sn.4H/c1-5-21-8-14-24(15-9-21)27(25-16-10-22(6-2)11-17-25)20(4)28(29)30-26-18-12-23(7-3)13-19-26;;;;;/h8-19H,5-7H2,1-4H3;;;;;. The van der Waals surface area contributed by atoms with E-state index >= 15 is 0 Å². The zero-order valence-corrected chi connectivity index (χ0v) is 18.4. The normalized spacial score (nSPS) is 10.2. The van der Waals surface area contributed by atoms with E-state index in [9.17, 15) is 4.79 Å². The molecule has 0 saturated heterocycles. The summed E-state index contributed by atoms with van der Waals surface area (Å²) < 4.78 is 5.69. The van der Waals surface area contributed by atoms with Gasteiger partial charge in [-0.15, -0.1) is 0 Å². The third-order valence-corrected chi connectivity index (χ3v) is 5.53. The van der Waals surface area contributed by atoms with Crippen LogP contribution in [0.5, 0.6) is 5.75 Å². The molecule has 0 aliphatic carbocycles. The zero-order chi connectivity index (χ0) is 21.5. The molecule has 0 N–H and O–H groups in total. The summed E-state index contributed by atoms with van der Waals surface area (Å²) in [5, 5.41) is 0. The average Bonchev–Trinajstić information content (AvgIpc) is 2.80. The summed E-state index contributed by atoms with van der Waals surface area (Å²) in [6.45, 7) is 8.23. The predicted octanol–water partition coefficient (Wildman–Crippen LogP) is 5.35. The molecule has 0 unspecified atom stereocenters. The van der Waals surface area contributed by atoms with Gasteiger partial charge in [-0.3, -0.25) is 0 Å². The third-order valence-electron chi connectivity index (χ3n) is 5.53. The topological polar surface area (TPSA) is 26.3 Å². The van der Waals surface area contributed by atoms with Gasteiger partial charge in [0.05, 0.1) is 0 Å². The number of esters is 1. The molecule has 162 valence electrons. The van der Waals surface area contributed by atoms with Crippen molar-refractivity contribution in [2.75, 3.05) is 0 Å². The van der Waals surface area contributed by atoms with Gasteiger partial charge in [0.2, 0.25) is 0 Å². The van der Waals surface area contributed by atoms with Crippen LogP contribution in [0.25, 0.3) is 5.57 Å². The van der Waals surface area contributed by atoms with Gasteiger partial charge in [0.15, 0.2) is 0 Å². The van der Waals surface area contributed by atoms with E-state index in [0.717, 1.165) is 36.0 Å². The minimum absolute atomic E-state index is 0. The molecule has 3 rings (SSSR count). The first kappa shape index (κ1) is 24.9. The first-order chi connectivity index (χ1) is 14.5. The van der Waals surface area contributed by atoms with E-state index in [0.29, 0.717) is 11.3 Å². The molecule has 0 heterocycles. The van der Waals surface area contributed by atoms with Crippen molar-refractivity contribution in [2.24, 2.45) is 0 Å². The Morgan fingerprint density at radius 2 is 1.00 bits per heavy atom. The van der Waals surface area contributed by atoms with Crippen molar-refractivity contribution in [3.63, 3.8) is 0 Å². The number of hydrogen-bond donors (Lipinski definition) is 0. The predicted molar refractivity (Wildman–Crippen MR) is 136 cm³/mol. The van der Waals surface area contributed by atoms with Crippen molar-refractivity contribution in [3.8, 4) is 5.75 Å². The molecule has 2 nitrogen and oxygen atoms in total. The van der Waals surface area contributed by atoms with Crippen LogP contribution in [-0.2, 0) is 24.1 Å². The summed E-state index contributed by atoms with van der Waals surface area (Å²) in [6, 6.07) is 24.6. The van der Waals surface area contributed by atoms with Crippen LogP contribution in [0.1, 0.15) is 55.5 Å². The molecule has 0 amide bonds. The SMILES string of the molecule is CCc1ccc(OC(=O)C(C)=C(c2ccc(CC)cc2)c2ccc(CC)cc2)cc1.[SnH4]. The van der Waals surface area contributed by atoms with Crippen LogP contribution < -0.4 is 4.74 Å². The Labute approximate surface area is 203 Å². The third kappa shape index (κ3) is 6.33. The molecular formula is C28H34O2Sn. The van der Waals surface area contributed by atoms with Crippen molar-refractivity contribution in [1.82, 2.24) is 0 Å². The fourth-order valence-corrected chi connectivity index (χ4v) is 3.49. The zero-order valence-electron chi connectivity index (χ0n) is 18.4. The van der Waals surface area contributed by atoms with E-state index < -0.39 is 0 Å². The first-order valence-electron chi connectivity index (χ1n) is 10.8. The molecule has 3 aromatic carbocycles. The van der Waals surface area contributed by atoms with Crippen LogP contribution in [0.15, 0.2) is 78.4 Å². The number of carbonyl (C=O) groups is 1. The fraction of sp³-hybridized carbons (Fsp3) is 0.250. The molecule has 3 heteroatoms. The average molecular weight is 521 g/mol. The van der Waals surface area contributed by atoms with E-state index in [1.165, 1.54) is 16.7 Å². The van der Waals surface area contributed by atoms with E-state index in [4.69, 9.17) is 4.74 Å². The number of rotatable bonds is 7. The molecule has 31 heavy (non-hydrogen) atoms. The van der Waals surface area contributed by atoms with Crippen molar-refractivity contribution in [1.29, 1.82) is 0 Å². The van der Waals surface area contributed by atoms with Crippen molar-refractivity contribution in [2.45, 2.75) is 47.0 Å². The van der Waals surface area contributed by atoms with Gasteiger partial charge in [0, 0.05) is 5.57 Å². The van der Waals surface area contributed by atoms with Gasteiger partial charge in [-0.25, -0.2) is 4.79 Å². The van der Waals surface area contributed by atoms with Gasteiger partial charge in [-0.05, 0) is 71.7 Å². The quantitative estimate of drug-likeness (QED) is 0.182. The van der Waals surface area contributed by atoms with Gasteiger partial charge < -0.3 is 4.74 Å². The van der Waals surface area contributed by atoms with Crippen LogP contribution in [0.3, 0.4) is 0 Å². The summed E-state index contributed by atoms with van der Waals surface area (Å²) in [7, 11) is 0. The minimum atomic E-state index is -0.326. The summed E-state index contributed by atoms with van der Waals surface area (Å²) in [5.41, 5.74) is 7.32. The molecule has 0 fully saturated rings. The Bertz CT molecular complexity index is 965. The maximum atomic E-state index is 13.0. The first-order valence-corrected chi connectivity index (χ1v) is 10.8. The molecule has 0 spiro atoms. The molecule has 0 aliphatic heterocycles. The number of carbonyl (C=O) groups excluding carboxylic acids is 1. The van der Waals surface area contributed by atoms with E-state index in [-0.39, 0.29) is 29.9 Å². The van der Waals surface area contributed by atoms with Crippen molar-refractivity contribution < 1.29 is 9.53 Å². The number of benzene rings is 3. The molecule has 3 aromatic rings. The van der Waals surface area contributed by atoms with E-state index in [1.54, 1.807) is 0 Å². The molecule has 0 bridgehead atoms. The van der Waals surface area contributed by atoms with Crippen LogP contribution in [0.4, 0.5) is 0 Å². The number of aryl methyl sites for hydroxylation is 3. The monoisotopic (exact) mass is 522 g/mol. The van der Waals surface area contributed by atoms with E-state index in [1.807, 2.05) is 31.2 Å². The summed E-state index contributed by atoms with van der Waals surface area (Å²) in [4.78, 5) is 13.0. The Kier molecular flexibility index (Phi) is 9.57.